The smallest absolute Gasteiger partial charge is 0.421 e. The monoisotopic (exact) mass is 310 g/mol. The van der Waals surface area contributed by atoms with E-state index in [-0.39, 0.29) is 25.8 Å². The van der Waals surface area contributed by atoms with Crippen molar-refractivity contribution in [1.82, 2.24) is 9.03 Å². The minimum absolute atomic E-state index is 0.0758. The maximum absolute atomic E-state index is 11.8. The molecule has 9 nitrogen and oxygen atoms in total. The number of ether oxygens (including phenoxy) is 2. The summed E-state index contributed by atoms with van der Waals surface area (Å²) in [5.41, 5.74) is 0. The van der Waals surface area contributed by atoms with Gasteiger partial charge in [-0.3, -0.25) is 0 Å². The van der Waals surface area contributed by atoms with E-state index in [0.29, 0.717) is 12.8 Å². The second-order valence-corrected chi connectivity index (χ2v) is 5.80. The SMILES string of the molecule is CCOC(=O)NS(=O)(=O)N1CCC(OCC(=O)O)CC1. The molecule has 1 saturated heterocycles. The first kappa shape index (κ1) is 16.7. The second-order valence-electron chi connectivity index (χ2n) is 4.13. The number of nitrogens with one attached hydrogen (secondary N) is 1. The van der Waals surface area contributed by atoms with Crippen molar-refractivity contribution in [2.45, 2.75) is 25.9 Å². The first-order valence-electron chi connectivity index (χ1n) is 6.13. The molecule has 1 fully saturated rings. The Balaban J connectivity index is 2.43. The van der Waals surface area contributed by atoms with Gasteiger partial charge in [-0.05, 0) is 19.8 Å². The largest absolute Gasteiger partial charge is 0.480 e. The number of rotatable bonds is 6. The van der Waals surface area contributed by atoms with E-state index in [4.69, 9.17) is 9.84 Å². The van der Waals surface area contributed by atoms with Crippen LogP contribution in [-0.2, 0) is 24.5 Å². The van der Waals surface area contributed by atoms with Gasteiger partial charge in [0.15, 0.2) is 0 Å². The highest BCUT2D eigenvalue weighted by molar-refractivity contribution is 7.87. The third kappa shape index (κ3) is 5.31. The normalized spacial score (nSPS) is 17.6. The molecule has 0 bridgehead atoms. The Labute approximate surface area is 117 Å². The maximum atomic E-state index is 11.8. The molecule has 20 heavy (non-hydrogen) atoms. The first-order chi connectivity index (χ1) is 9.35. The average Bonchev–Trinajstić information content (AvgIpc) is 2.36. The van der Waals surface area contributed by atoms with Gasteiger partial charge in [-0.15, -0.1) is 0 Å². The van der Waals surface area contributed by atoms with Gasteiger partial charge in [0.2, 0.25) is 0 Å². The summed E-state index contributed by atoms with van der Waals surface area (Å²) in [5, 5.41) is 8.48. The van der Waals surface area contributed by atoms with Gasteiger partial charge < -0.3 is 14.6 Å². The first-order valence-corrected chi connectivity index (χ1v) is 7.57. The molecule has 10 heteroatoms. The molecule has 0 aliphatic carbocycles. The summed E-state index contributed by atoms with van der Waals surface area (Å²) in [4.78, 5) is 21.5. The van der Waals surface area contributed by atoms with Crippen LogP contribution in [0.4, 0.5) is 4.79 Å². The van der Waals surface area contributed by atoms with Gasteiger partial charge in [0.1, 0.15) is 6.61 Å². The molecule has 1 rings (SSSR count). The Morgan fingerprint density at radius 3 is 2.45 bits per heavy atom. The maximum Gasteiger partial charge on any atom is 0.421 e. The minimum atomic E-state index is -3.92. The van der Waals surface area contributed by atoms with E-state index in [1.165, 1.54) is 0 Å². The summed E-state index contributed by atoms with van der Waals surface area (Å²) in [6, 6.07) is 0. The van der Waals surface area contributed by atoms with Gasteiger partial charge in [0.05, 0.1) is 12.7 Å². The lowest BCUT2D eigenvalue weighted by Gasteiger charge is -2.30. The van der Waals surface area contributed by atoms with E-state index in [1.807, 2.05) is 0 Å². The van der Waals surface area contributed by atoms with Crippen LogP contribution in [-0.4, -0.2) is 62.3 Å². The van der Waals surface area contributed by atoms with E-state index in [1.54, 1.807) is 11.6 Å². The quantitative estimate of drug-likeness (QED) is 0.680. The summed E-state index contributed by atoms with van der Waals surface area (Å²) < 4.78 is 36.1. The van der Waals surface area contributed by atoms with E-state index >= 15 is 0 Å². The molecule has 0 atom stereocenters. The van der Waals surface area contributed by atoms with E-state index in [0.717, 1.165) is 4.31 Å². The van der Waals surface area contributed by atoms with Crippen LogP contribution in [0, 0.1) is 0 Å². The zero-order valence-corrected chi connectivity index (χ0v) is 11.9. The molecule has 116 valence electrons. The second kappa shape index (κ2) is 7.41. The van der Waals surface area contributed by atoms with Crippen LogP contribution in [0.25, 0.3) is 0 Å². The predicted octanol–water partition coefficient (Wildman–Crippen LogP) is -0.457. The summed E-state index contributed by atoms with van der Waals surface area (Å²) in [7, 11) is -3.92. The van der Waals surface area contributed by atoms with Gasteiger partial charge >= 0.3 is 22.3 Å². The number of nitrogens with zero attached hydrogens (tertiary/aromatic N) is 1. The van der Waals surface area contributed by atoms with Crippen molar-refractivity contribution in [2.24, 2.45) is 0 Å². The fourth-order valence-electron chi connectivity index (χ4n) is 1.76. The van der Waals surface area contributed by atoms with Crippen LogP contribution in [0.15, 0.2) is 0 Å². The van der Waals surface area contributed by atoms with Crippen LogP contribution in [0.1, 0.15) is 19.8 Å². The lowest BCUT2D eigenvalue weighted by atomic mass is 10.1. The van der Waals surface area contributed by atoms with Gasteiger partial charge in [-0.25, -0.2) is 14.3 Å². The van der Waals surface area contributed by atoms with Crippen LogP contribution >= 0.6 is 0 Å². The molecule has 0 aromatic heterocycles. The molecule has 0 unspecified atom stereocenters. The fourth-order valence-corrected chi connectivity index (χ4v) is 2.85. The van der Waals surface area contributed by atoms with E-state index in [2.05, 4.69) is 4.74 Å². The molecule has 1 aliphatic heterocycles. The van der Waals surface area contributed by atoms with Crippen molar-refractivity contribution in [2.75, 3.05) is 26.3 Å². The van der Waals surface area contributed by atoms with Crippen molar-refractivity contribution in [3.05, 3.63) is 0 Å². The van der Waals surface area contributed by atoms with E-state index < -0.39 is 28.9 Å². The fraction of sp³-hybridized carbons (Fsp3) is 0.800. The number of amides is 1. The van der Waals surface area contributed by atoms with Gasteiger partial charge in [-0.2, -0.15) is 12.7 Å². The Morgan fingerprint density at radius 1 is 1.35 bits per heavy atom. The number of hydrogen-bond donors (Lipinski definition) is 2. The number of piperidine rings is 1. The third-order valence-corrected chi connectivity index (χ3v) is 4.14. The Hall–Kier alpha value is -1.39. The van der Waals surface area contributed by atoms with Crippen LogP contribution in [0.3, 0.4) is 0 Å². The minimum Gasteiger partial charge on any atom is -0.480 e. The van der Waals surface area contributed by atoms with Crippen molar-refractivity contribution in [3.8, 4) is 0 Å². The molecule has 1 heterocycles. The molecule has 2 N–H and O–H groups in total. The van der Waals surface area contributed by atoms with Gasteiger partial charge in [-0.1, -0.05) is 0 Å². The highest BCUT2D eigenvalue weighted by atomic mass is 32.2. The lowest BCUT2D eigenvalue weighted by Crippen LogP contribution is -2.48. The summed E-state index contributed by atoms with van der Waals surface area (Å²) >= 11 is 0. The molecular formula is C10H18N2O7S. The van der Waals surface area contributed by atoms with Gasteiger partial charge in [0, 0.05) is 13.1 Å². The molecule has 1 amide bonds. The average molecular weight is 310 g/mol. The molecule has 1 aliphatic rings. The zero-order valence-electron chi connectivity index (χ0n) is 11.1. The zero-order chi connectivity index (χ0) is 15.2. The van der Waals surface area contributed by atoms with Crippen molar-refractivity contribution < 1.29 is 32.6 Å². The molecule has 0 aromatic rings. The Bertz CT molecular complexity index is 443. The standard InChI is InChI=1S/C10H18N2O7S/c1-2-18-10(15)11-20(16,17)12-5-3-8(4-6-12)19-7-9(13)14/h8H,2-7H2,1H3,(H,11,15)(H,13,14). The molecule has 0 radical (unpaired) electrons. The number of carbonyl (C=O) groups is 2. The van der Waals surface area contributed by atoms with Crippen LogP contribution in [0.2, 0.25) is 0 Å². The highest BCUT2D eigenvalue weighted by Gasteiger charge is 2.30. The Morgan fingerprint density at radius 2 is 1.95 bits per heavy atom. The number of carboxylic acid groups (broad SMARTS) is 1. The number of hydrogen-bond acceptors (Lipinski definition) is 6. The van der Waals surface area contributed by atoms with Crippen LogP contribution in [0.5, 0.6) is 0 Å². The lowest BCUT2D eigenvalue weighted by molar-refractivity contribution is -0.145. The van der Waals surface area contributed by atoms with Crippen molar-refractivity contribution in [3.63, 3.8) is 0 Å². The molecule has 0 aromatic carbocycles. The third-order valence-electron chi connectivity index (χ3n) is 2.67. The summed E-state index contributed by atoms with van der Waals surface area (Å²) in [6.07, 6.45) is -0.564. The topological polar surface area (TPSA) is 122 Å². The molecule has 0 spiro atoms. The van der Waals surface area contributed by atoms with Gasteiger partial charge in [0.25, 0.3) is 0 Å². The van der Waals surface area contributed by atoms with Crippen molar-refractivity contribution in [1.29, 1.82) is 0 Å². The highest BCUT2D eigenvalue weighted by Crippen LogP contribution is 2.16. The number of carbonyl (C=O) groups excluding carboxylic acids is 1. The number of aliphatic carboxylic acids is 1. The summed E-state index contributed by atoms with van der Waals surface area (Å²) in [5.74, 6) is -1.07. The Kier molecular flexibility index (Phi) is 6.17. The predicted molar refractivity (Wildman–Crippen MR) is 67.3 cm³/mol. The van der Waals surface area contributed by atoms with Crippen LogP contribution < -0.4 is 4.72 Å². The molecule has 0 saturated carbocycles. The van der Waals surface area contributed by atoms with Crippen molar-refractivity contribution >= 4 is 22.3 Å². The number of carboxylic acids is 1. The molecular weight excluding hydrogens is 292 g/mol. The van der Waals surface area contributed by atoms with E-state index in [9.17, 15) is 18.0 Å². The summed E-state index contributed by atoms with van der Waals surface area (Å²) in [6.45, 7) is 1.54.